The highest BCUT2D eigenvalue weighted by Gasteiger charge is 2.20. The fourth-order valence-corrected chi connectivity index (χ4v) is 4.68. The van der Waals surface area contributed by atoms with Gasteiger partial charge in [0.2, 0.25) is 0 Å². The normalized spacial score (nSPS) is 15.3. The Hall–Kier alpha value is -2.51. The van der Waals surface area contributed by atoms with E-state index in [0.29, 0.717) is 11.3 Å². The third-order valence-corrected chi connectivity index (χ3v) is 6.41. The second kappa shape index (κ2) is 6.66. The van der Waals surface area contributed by atoms with Crippen LogP contribution in [0.2, 0.25) is 0 Å². The van der Waals surface area contributed by atoms with E-state index < -0.39 is 10.0 Å². The molecule has 2 heterocycles. The molecule has 3 aromatic rings. The first-order valence-electron chi connectivity index (χ1n) is 8.56. The molecule has 0 atom stereocenters. The molecular formula is C19H21N3O3S. The molecule has 0 radical (unpaired) electrons. The first-order chi connectivity index (χ1) is 12.6. The molecule has 2 aromatic carbocycles. The first kappa shape index (κ1) is 16.9. The summed E-state index contributed by atoms with van der Waals surface area (Å²) in [6.07, 6.45) is 1.61. The van der Waals surface area contributed by atoms with Crippen LogP contribution in [0.5, 0.6) is 5.75 Å². The second-order valence-electron chi connectivity index (χ2n) is 6.28. The maximum atomic E-state index is 13.1. The predicted molar refractivity (Wildman–Crippen MR) is 103 cm³/mol. The summed E-state index contributed by atoms with van der Waals surface area (Å²) < 4.78 is 32.8. The summed E-state index contributed by atoms with van der Waals surface area (Å²) in [6, 6.07) is 14.4. The van der Waals surface area contributed by atoms with Crippen LogP contribution in [-0.2, 0) is 10.0 Å². The quantitative estimate of drug-likeness (QED) is 0.762. The molecular weight excluding hydrogens is 350 g/mol. The minimum absolute atomic E-state index is 0.210. The molecule has 6 nitrogen and oxygen atoms in total. The predicted octanol–water partition coefficient (Wildman–Crippen LogP) is 2.30. The fourth-order valence-electron chi connectivity index (χ4n) is 3.30. The van der Waals surface area contributed by atoms with Crippen LogP contribution in [0.4, 0.5) is 5.69 Å². The minimum Gasteiger partial charge on any atom is -0.497 e. The summed E-state index contributed by atoms with van der Waals surface area (Å²) in [6.45, 7) is 3.69. The molecule has 1 aliphatic heterocycles. The van der Waals surface area contributed by atoms with Gasteiger partial charge in [0, 0.05) is 49.5 Å². The number of anilines is 1. The molecule has 0 spiro atoms. The third-order valence-electron chi connectivity index (χ3n) is 4.72. The first-order valence-corrected chi connectivity index (χ1v) is 10.00. The van der Waals surface area contributed by atoms with Crippen LogP contribution >= 0.6 is 0 Å². The van der Waals surface area contributed by atoms with E-state index in [-0.39, 0.29) is 4.90 Å². The maximum absolute atomic E-state index is 13.1. The molecule has 136 valence electrons. The number of piperazine rings is 1. The lowest BCUT2D eigenvalue weighted by atomic mass is 10.2. The van der Waals surface area contributed by atoms with Crippen LogP contribution in [0.15, 0.2) is 59.6 Å². The monoisotopic (exact) mass is 371 g/mol. The zero-order valence-corrected chi connectivity index (χ0v) is 15.4. The molecule has 1 saturated heterocycles. The minimum atomic E-state index is -3.70. The van der Waals surface area contributed by atoms with Gasteiger partial charge in [-0.3, -0.25) is 0 Å². The van der Waals surface area contributed by atoms with Crippen LogP contribution in [0.3, 0.4) is 0 Å². The lowest BCUT2D eigenvalue weighted by molar-refractivity contribution is 0.413. The van der Waals surface area contributed by atoms with Crippen molar-refractivity contribution in [3.05, 3.63) is 54.7 Å². The number of nitrogens with zero attached hydrogens (tertiary/aromatic N) is 2. The fraction of sp³-hybridized carbons (Fsp3) is 0.263. The molecule has 1 N–H and O–H groups in total. The van der Waals surface area contributed by atoms with Crippen LogP contribution in [0.1, 0.15) is 0 Å². The molecule has 4 rings (SSSR count). The zero-order chi connectivity index (χ0) is 18.1. The van der Waals surface area contributed by atoms with Gasteiger partial charge in [0.25, 0.3) is 10.0 Å². The molecule has 1 fully saturated rings. The highest BCUT2D eigenvalue weighted by Crippen LogP contribution is 2.28. The van der Waals surface area contributed by atoms with Gasteiger partial charge in [-0.2, -0.15) is 0 Å². The Kier molecular flexibility index (Phi) is 4.34. The maximum Gasteiger partial charge on any atom is 0.268 e. The largest absolute Gasteiger partial charge is 0.497 e. The van der Waals surface area contributed by atoms with E-state index in [1.807, 2.05) is 18.2 Å². The lowest BCUT2D eigenvalue weighted by Gasteiger charge is -2.29. The van der Waals surface area contributed by atoms with E-state index in [4.69, 9.17) is 4.74 Å². The third kappa shape index (κ3) is 2.93. The van der Waals surface area contributed by atoms with Crippen LogP contribution in [-0.4, -0.2) is 45.7 Å². The van der Waals surface area contributed by atoms with Gasteiger partial charge in [-0.25, -0.2) is 12.4 Å². The van der Waals surface area contributed by atoms with Crippen LogP contribution < -0.4 is 15.0 Å². The van der Waals surface area contributed by atoms with Gasteiger partial charge in [-0.15, -0.1) is 0 Å². The highest BCUT2D eigenvalue weighted by molar-refractivity contribution is 7.90. The standard InChI is InChI=1S/C19H21N3O3S/c1-25-17-3-2-4-18(14-17)26(23,24)22-10-7-15-5-6-16(13-19(15)22)21-11-8-20-9-12-21/h2-7,10,13-14,20H,8-9,11-12H2,1H3. The number of methoxy groups -OCH3 is 1. The van der Waals surface area contributed by atoms with Crippen molar-refractivity contribution < 1.29 is 13.2 Å². The number of ether oxygens (including phenoxy) is 1. The van der Waals surface area contributed by atoms with Gasteiger partial charge < -0.3 is 15.0 Å². The Morgan fingerprint density at radius 2 is 1.85 bits per heavy atom. The molecule has 26 heavy (non-hydrogen) atoms. The summed E-state index contributed by atoms with van der Waals surface area (Å²) in [5.41, 5.74) is 1.73. The molecule has 7 heteroatoms. The van der Waals surface area contributed by atoms with Gasteiger partial charge in [-0.05, 0) is 30.3 Å². The Morgan fingerprint density at radius 1 is 1.04 bits per heavy atom. The Bertz CT molecular complexity index is 1040. The summed E-state index contributed by atoms with van der Waals surface area (Å²) in [5.74, 6) is 0.518. The molecule has 1 aromatic heterocycles. The van der Waals surface area contributed by atoms with Gasteiger partial charge >= 0.3 is 0 Å². The molecule has 0 aliphatic carbocycles. The summed E-state index contributed by atoms with van der Waals surface area (Å²) >= 11 is 0. The number of hydrogen-bond acceptors (Lipinski definition) is 5. The number of fused-ring (bicyclic) bond motifs is 1. The summed E-state index contributed by atoms with van der Waals surface area (Å²) in [7, 11) is -2.17. The summed E-state index contributed by atoms with van der Waals surface area (Å²) in [4.78, 5) is 2.48. The average molecular weight is 371 g/mol. The number of aromatic nitrogens is 1. The molecule has 0 unspecified atom stereocenters. The van der Waals surface area contributed by atoms with Crippen LogP contribution in [0.25, 0.3) is 10.9 Å². The van der Waals surface area contributed by atoms with E-state index in [1.165, 1.54) is 11.1 Å². The van der Waals surface area contributed by atoms with Crippen molar-refractivity contribution in [3.8, 4) is 5.75 Å². The topological polar surface area (TPSA) is 63.6 Å². The van der Waals surface area contributed by atoms with Crippen molar-refractivity contribution in [2.75, 3.05) is 38.2 Å². The molecule has 0 bridgehead atoms. The van der Waals surface area contributed by atoms with Crippen molar-refractivity contribution in [1.82, 2.24) is 9.29 Å². The van der Waals surface area contributed by atoms with E-state index >= 15 is 0 Å². The highest BCUT2D eigenvalue weighted by atomic mass is 32.2. The Morgan fingerprint density at radius 3 is 2.62 bits per heavy atom. The van der Waals surface area contributed by atoms with E-state index in [9.17, 15) is 8.42 Å². The van der Waals surface area contributed by atoms with Gasteiger partial charge in [0.05, 0.1) is 17.5 Å². The SMILES string of the molecule is COc1cccc(S(=O)(=O)n2ccc3ccc(N4CCNCC4)cc32)c1. The van der Waals surface area contributed by atoms with Crippen molar-refractivity contribution in [1.29, 1.82) is 0 Å². The van der Waals surface area contributed by atoms with E-state index in [0.717, 1.165) is 37.3 Å². The van der Waals surface area contributed by atoms with Gasteiger partial charge in [-0.1, -0.05) is 12.1 Å². The summed E-state index contributed by atoms with van der Waals surface area (Å²) in [5, 5.41) is 4.23. The number of benzene rings is 2. The van der Waals surface area contributed by atoms with Gasteiger partial charge in [0.1, 0.15) is 5.75 Å². The second-order valence-corrected chi connectivity index (χ2v) is 8.09. The number of rotatable bonds is 4. The van der Waals surface area contributed by atoms with Gasteiger partial charge in [0.15, 0.2) is 0 Å². The Balaban J connectivity index is 1.80. The lowest BCUT2D eigenvalue weighted by Crippen LogP contribution is -2.43. The smallest absolute Gasteiger partial charge is 0.268 e. The molecule has 0 saturated carbocycles. The van der Waals surface area contributed by atoms with Crippen molar-refractivity contribution >= 4 is 26.6 Å². The van der Waals surface area contributed by atoms with E-state index in [2.05, 4.69) is 16.3 Å². The Labute approximate surface area is 153 Å². The molecule has 0 amide bonds. The van der Waals surface area contributed by atoms with Crippen molar-refractivity contribution in [2.45, 2.75) is 4.90 Å². The average Bonchev–Trinajstić information content (AvgIpc) is 3.12. The van der Waals surface area contributed by atoms with Crippen LogP contribution in [0, 0.1) is 0 Å². The number of hydrogen-bond donors (Lipinski definition) is 1. The molecule has 1 aliphatic rings. The number of nitrogens with one attached hydrogen (secondary N) is 1. The zero-order valence-electron chi connectivity index (χ0n) is 14.6. The van der Waals surface area contributed by atoms with Crippen molar-refractivity contribution in [3.63, 3.8) is 0 Å². The van der Waals surface area contributed by atoms with E-state index in [1.54, 1.807) is 30.5 Å². The van der Waals surface area contributed by atoms with Crippen molar-refractivity contribution in [2.24, 2.45) is 0 Å².